The molecule has 0 saturated carbocycles. The molecule has 0 bridgehead atoms. The molecule has 0 radical (unpaired) electrons. The molecule has 2 atom stereocenters. The Morgan fingerprint density at radius 3 is 2.50 bits per heavy atom. The van der Waals surface area contributed by atoms with E-state index in [-0.39, 0.29) is 12.1 Å². The summed E-state index contributed by atoms with van der Waals surface area (Å²) in [7, 11) is 0. The third kappa shape index (κ3) is 4.63. The number of rotatable bonds is 6. The van der Waals surface area contributed by atoms with E-state index in [2.05, 4.69) is 39.2 Å². The third-order valence-electron chi connectivity index (χ3n) is 2.77. The highest BCUT2D eigenvalue weighted by Crippen LogP contribution is 2.32. The van der Waals surface area contributed by atoms with E-state index in [0.29, 0.717) is 6.54 Å². The first-order valence-electron chi connectivity index (χ1n) is 6.20. The van der Waals surface area contributed by atoms with Crippen LogP contribution in [-0.4, -0.2) is 34.7 Å². The Morgan fingerprint density at radius 2 is 2.17 bits per heavy atom. The molecule has 3 N–H and O–H groups in total. The van der Waals surface area contributed by atoms with Crippen molar-refractivity contribution in [3.63, 3.8) is 0 Å². The van der Waals surface area contributed by atoms with E-state index in [1.165, 1.54) is 4.88 Å². The van der Waals surface area contributed by atoms with E-state index in [1.54, 1.807) is 11.3 Å². The molecule has 0 aliphatic carbocycles. The predicted molar refractivity (Wildman–Crippen MR) is 82.0 cm³/mol. The SMILES string of the molecule is CCN(CC(C)(C)O)C(c1cc(Br)cs1)C(C)N. The van der Waals surface area contributed by atoms with Crippen molar-refractivity contribution in [3.05, 3.63) is 20.8 Å². The van der Waals surface area contributed by atoms with Crippen LogP contribution < -0.4 is 5.73 Å². The second-order valence-corrected chi connectivity index (χ2v) is 7.21. The maximum absolute atomic E-state index is 10.0. The number of nitrogens with zero attached hydrogens (tertiary/aromatic N) is 1. The molecule has 0 aromatic carbocycles. The van der Waals surface area contributed by atoms with Crippen LogP contribution in [0.2, 0.25) is 0 Å². The molecule has 0 fully saturated rings. The number of halogens is 1. The summed E-state index contributed by atoms with van der Waals surface area (Å²) < 4.78 is 1.09. The van der Waals surface area contributed by atoms with Gasteiger partial charge in [-0.25, -0.2) is 0 Å². The summed E-state index contributed by atoms with van der Waals surface area (Å²) in [6, 6.07) is 2.29. The lowest BCUT2D eigenvalue weighted by atomic mass is 10.0. The summed E-state index contributed by atoms with van der Waals surface area (Å²) in [5.41, 5.74) is 5.43. The summed E-state index contributed by atoms with van der Waals surface area (Å²) in [5, 5.41) is 12.1. The van der Waals surface area contributed by atoms with Gasteiger partial charge in [0, 0.05) is 27.3 Å². The maximum Gasteiger partial charge on any atom is 0.0718 e. The van der Waals surface area contributed by atoms with E-state index in [4.69, 9.17) is 5.73 Å². The van der Waals surface area contributed by atoms with Crippen LogP contribution in [0.25, 0.3) is 0 Å². The average molecular weight is 335 g/mol. The molecular weight excluding hydrogens is 312 g/mol. The highest BCUT2D eigenvalue weighted by molar-refractivity contribution is 9.10. The quantitative estimate of drug-likeness (QED) is 0.840. The zero-order valence-corrected chi connectivity index (χ0v) is 13.9. The number of hydrogen-bond donors (Lipinski definition) is 2. The summed E-state index contributed by atoms with van der Waals surface area (Å²) in [6.45, 7) is 9.27. The fourth-order valence-corrected chi connectivity index (χ4v) is 3.85. The van der Waals surface area contributed by atoms with Crippen molar-refractivity contribution >= 4 is 27.3 Å². The van der Waals surface area contributed by atoms with Crippen molar-refractivity contribution in [1.29, 1.82) is 0 Å². The normalized spacial score (nSPS) is 16.0. The Kier molecular flexibility index (Phi) is 5.80. The van der Waals surface area contributed by atoms with Gasteiger partial charge < -0.3 is 10.8 Å². The van der Waals surface area contributed by atoms with E-state index in [1.807, 2.05) is 20.8 Å². The number of aliphatic hydroxyl groups is 1. The van der Waals surface area contributed by atoms with Crippen molar-refractivity contribution < 1.29 is 5.11 Å². The van der Waals surface area contributed by atoms with Crippen LogP contribution in [0.3, 0.4) is 0 Å². The zero-order chi connectivity index (χ0) is 13.9. The topological polar surface area (TPSA) is 49.5 Å². The van der Waals surface area contributed by atoms with Crippen LogP contribution in [0.1, 0.15) is 38.6 Å². The van der Waals surface area contributed by atoms with Crippen LogP contribution in [-0.2, 0) is 0 Å². The molecule has 1 rings (SSSR count). The molecule has 3 nitrogen and oxygen atoms in total. The Morgan fingerprint density at radius 1 is 1.56 bits per heavy atom. The first-order chi connectivity index (χ1) is 8.24. The van der Waals surface area contributed by atoms with Crippen molar-refractivity contribution in [1.82, 2.24) is 4.90 Å². The molecule has 5 heteroatoms. The van der Waals surface area contributed by atoms with E-state index in [0.717, 1.165) is 11.0 Å². The van der Waals surface area contributed by atoms with Crippen LogP contribution in [0.15, 0.2) is 15.9 Å². The van der Waals surface area contributed by atoms with Gasteiger partial charge in [0.1, 0.15) is 0 Å². The van der Waals surface area contributed by atoms with Gasteiger partial charge in [-0.15, -0.1) is 11.3 Å². The van der Waals surface area contributed by atoms with Crippen LogP contribution in [0, 0.1) is 0 Å². The lowest BCUT2D eigenvalue weighted by Crippen LogP contribution is -2.45. The van der Waals surface area contributed by atoms with Crippen LogP contribution in [0.4, 0.5) is 0 Å². The Balaban J connectivity index is 2.96. The minimum Gasteiger partial charge on any atom is -0.389 e. The van der Waals surface area contributed by atoms with Gasteiger partial charge in [0.25, 0.3) is 0 Å². The maximum atomic E-state index is 10.0. The molecular formula is C13H23BrN2OS. The molecule has 1 aromatic heterocycles. The van der Waals surface area contributed by atoms with E-state index >= 15 is 0 Å². The third-order valence-corrected chi connectivity index (χ3v) is 4.53. The highest BCUT2D eigenvalue weighted by Gasteiger charge is 2.28. The molecule has 0 amide bonds. The van der Waals surface area contributed by atoms with Gasteiger partial charge in [-0.2, -0.15) is 0 Å². The molecule has 104 valence electrons. The van der Waals surface area contributed by atoms with Gasteiger partial charge in [-0.05, 0) is 49.3 Å². The Bertz CT molecular complexity index is 373. The zero-order valence-electron chi connectivity index (χ0n) is 11.5. The lowest BCUT2D eigenvalue weighted by molar-refractivity contribution is 0.0193. The van der Waals surface area contributed by atoms with Gasteiger partial charge in [0.15, 0.2) is 0 Å². The summed E-state index contributed by atoms with van der Waals surface area (Å²) in [4.78, 5) is 3.48. The van der Waals surface area contributed by atoms with Crippen molar-refractivity contribution in [2.45, 2.75) is 45.4 Å². The Hall–Kier alpha value is 0.0600. The van der Waals surface area contributed by atoms with Gasteiger partial charge in [0.2, 0.25) is 0 Å². The van der Waals surface area contributed by atoms with E-state index in [9.17, 15) is 5.11 Å². The summed E-state index contributed by atoms with van der Waals surface area (Å²) in [6.07, 6.45) is 0. The second kappa shape index (κ2) is 6.48. The van der Waals surface area contributed by atoms with Crippen molar-refractivity contribution in [2.24, 2.45) is 5.73 Å². The number of nitrogens with two attached hydrogens (primary N) is 1. The largest absolute Gasteiger partial charge is 0.389 e. The van der Waals surface area contributed by atoms with Crippen LogP contribution >= 0.6 is 27.3 Å². The number of thiophene rings is 1. The lowest BCUT2D eigenvalue weighted by Gasteiger charge is -2.36. The van der Waals surface area contributed by atoms with Gasteiger partial charge >= 0.3 is 0 Å². The van der Waals surface area contributed by atoms with Crippen molar-refractivity contribution in [2.75, 3.05) is 13.1 Å². The Labute approximate surface area is 122 Å². The molecule has 1 heterocycles. The van der Waals surface area contributed by atoms with Crippen LogP contribution in [0.5, 0.6) is 0 Å². The fraction of sp³-hybridized carbons (Fsp3) is 0.692. The molecule has 0 spiro atoms. The summed E-state index contributed by atoms with van der Waals surface area (Å²) in [5.74, 6) is 0. The second-order valence-electron chi connectivity index (χ2n) is 5.35. The molecule has 0 aliphatic heterocycles. The minimum atomic E-state index is -0.711. The summed E-state index contributed by atoms with van der Waals surface area (Å²) >= 11 is 5.19. The highest BCUT2D eigenvalue weighted by atomic mass is 79.9. The average Bonchev–Trinajstić information content (AvgIpc) is 2.61. The molecule has 1 aromatic rings. The first-order valence-corrected chi connectivity index (χ1v) is 7.88. The van der Waals surface area contributed by atoms with Gasteiger partial charge in [-0.1, -0.05) is 6.92 Å². The molecule has 2 unspecified atom stereocenters. The number of hydrogen-bond acceptors (Lipinski definition) is 4. The standard InChI is InChI=1S/C13H23BrN2OS/c1-5-16(8-13(3,4)17)12(9(2)15)11-6-10(14)7-18-11/h6-7,9,12,17H,5,8,15H2,1-4H3. The predicted octanol–water partition coefficient (Wildman–Crippen LogP) is 2.99. The first kappa shape index (κ1) is 16.1. The van der Waals surface area contributed by atoms with Gasteiger partial charge in [-0.3, -0.25) is 4.90 Å². The monoisotopic (exact) mass is 334 g/mol. The number of likely N-dealkylation sites (N-methyl/N-ethyl adjacent to an activating group) is 1. The smallest absolute Gasteiger partial charge is 0.0718 e. The minimum absolute atomic E-state index is 0.0258. The molecule has 0 aliphatic rings. The van der Waals surface area contributed by atoms with E-state index < -0.39 is 5.60 Å². The van der Waals surface area contributed by atoms with Gasteiger partial charge in [0.05, 0.1) is 11.6 Å². The van der Waals surface area contributed by atoms with Crippen molar-refractivity contribution in [3.8, 4) is 0 Å². The molecule has 0 saturated heterocycles. The molecule has 18 heavy (non-hydrogen) atoms. The fourth-order valence-electron chi connectivity index (χ4n) is 2.16.